The maximum Gasteiger partial charge on any atom is 0.222 e. The minimum Gasteiger partial charge on any atom is -0.335 e. The largest absolute Gasteiger partial charge is 0.335 e. The molecule has 21 heavy (non-hydrogen) atoms. The Balaban J connectivity index is 1.99. The standard InChI is InChI=1S/C17H22FNO2/c1-12(2)13-5-8-17(21)19(10-9-13)11-16(20)14-3-6-15(18)7-4-14/h3-4,6-7,12-13H,5,8-11H2,1-2H3. The normalized spacial score (nSPS) is 19.7. The molecule has 1 saturated heterocycles. The summed E-state index contributed by atoms with van der Waals surface area (Å²) in [5.74, 6) is 0.655. The van der Waals surface area contributed by atoms with Crippen molar-refractivity contribution in [2.75, 3.05) is 13.1 Å². The van der Waals surface area contributed by atoms with Gasteiger partial charge in [0.15, 0.2) is 5.78 Å². The van der Waals surface area contributed by atoms with Crippen LogP contribution in [0.5, 0.6) is 0 Å². The van der Waals surface area contributed by atoms with Gasteiger partial charge < -0.3 is 4.90 Å². The Bertz CT molecular complexity index is 510. The molecule has 1 amide bonds. The molecule has 1 atom stereocenters. The van der Waals surface area contributed by atoms with Crippen LogP contribution in [0.2, 0.25) is 0 Å². The number of halogens is 1. The van der Waals surface area contributed by atoms with Crippen molar-refractivity contribution in [1.82, 2.24) is 4.90 Å². The summed E-state index contributed by atoms with van der Waals surface area (Å²) in [6, 6.07) is 5.48. The van der Waals surface area contributed by atoms with Gasteiger partial charge in [0.25, 0.3) is 0 Å². The molecule has 0 aliphatic carbocycles. The molecular weight excluding hydrogens is 269 g/mol. The van der Waals surface area contributed by atoms with E-state index in [0.717, 1.165) is 12.8 Å². The van der Waals surface area contributed by atoms with Gasteiger partial charge in [0, 0.05) is 18.5 Å². The molecule has 4 heteroatoms. The Morgan fingerprint density at radius 2 is 1.95 bits per heavy atom. The molecule has 0 N–H and O–H groups in total. The first-order valence-corrected chi connectivity index (χ1v) is 7.54. The van der Waals surface area contributed by atoms with E-state index in [-0.39, 0.29) is 24.1 Å². The van der Waals surface area contributed by atoms with Crippen molar-refractivity contribution in [1.29, 1.82) is 0 Å². The van der Waals surface area contributed by atoms with Crippen molar-refractivity contribution in [3.63, 3.8) is 0 Å². The molecule has 3 nitrogen and oxygen atoms in total. The van der Waals surface area contributed by atoms with Crippen molar-refractivity contribution in [3.05, 3.63) is 35.6 Å². The third-order valence-corrected chi connectivity index (χ3v) is 4.29. The number of benzene rings is 1. The predicted octanol–water partition coefficient (Wildman–Crippen LogP) is 3.29. The van der Waals surface area contributed by atoms with Crippen LogP contribution in [0.15, 0.2) is 24.3 Å². The van der Waals surface area contributed by atoms with Gasteiger partial charge in [0.1, 0.15) is 5.82 Å². The second-order valence-electron chi connectivity index (χ2n) is 6.08. The highest BCUT2D eigenvalue weighted by Gasteiger charge is 2.25. The lowest BCUT2D eigenvalue weighted by molar-refractivity contribution is -0.130. The number of likely N-dealkylation sites (tertiary alicyclic amines) is 1. The summed E-state index contributed by atoms with van der Waals surface area (Å²) in [5.41, 5.74) is 0.453. The van der Waals surface area contributed by atoms with Crippen molar-refractivity contribution >= 4 is 11.7 Å². The molecule has 114 valence electrons. The second-order valence-corrected chi connectivity index (χ2v) is 6.08. The number of hydrogen-bond donors (Lipinski definition) is 0. The van der Waals surface area contributed by atoms with Crippen LogP contribution in [0.1, 0.15) is 43.5 Å². The molecule has 0 aromatic heterocycles. The molecule has 2 rings (SSSR count). The van der Waals surface area contributed by atoms with E-state index in [0.29, 0.717) is 30.4 Å². The average Bonchev–Trinajstić information content (AvgIpc) is 2.62. The Kier molecular flexibility index (Phi) is 5.10. The monoisotopic (exact) mass is 291 g/mol. The van der Waals surface area contributed by atoms with Gasteiger partial charge in [-0.3, -0.25) is 9.59 Å². The molecular formula is C17H22FNO2. The van der Waals surface area contributed by atoms with Gasteiger partial charge in [-0.25, -0.2) is 4.39 Å². The van der Waals surface area contributed by atoms with Crippen molar-refractivity contribution < 1.29 is 14.0 Å². The topological polar surface area (TPSA) is 37.4 Å². The lowest BCUT2D eigenvalue weighted by Crippen LogP contribution is -2.35. The molecule has 0 spiro atoms. The Morgan fingerprint density at radius 3 is 2.57 bits per heavy atom. The van der Waals surface area contributed by atoms with Gasteiger partial charge >= 0.3 is 0 Å². The smallest absolute Gasteiger partial charge is 0.222 e. The van der Waals surface area contributed by atoms with E-state index in [4.69, 9.17) is 0 Å². The Morgan fingerprint density at radius 1 is 1.29 bits per heavy atom. The molecule has 1 aliphatic rings. The second kappa shape index (κ2) is 6.83. The van der Waals surface area contributed by atoms with Crippen LogP contribution < -0.4 is 0 Å². The first-order chi connectivity index (χ1) is 9.97. The van der Waals surface area contributed by atoms with Gasteiger partial charge in [0.05, 0.1) is 6.54 Å². The fourth-order valence-corrected chi connectivity index (χ4v) is 2.79. The minimum atomic E-state index is -0.364. The Labute approximate surface area is 125 Å². The van der Waals surface area contributed by atoms with E-state index in [1.807, 2.05) is 0 Å². The van der Waals surface area contributed by atoms with Crippen LogP contribution in [-0.2, 0) is 4.79 Å². The van der Waals surface area contributed by atoms with Crippen LogP contribution in [0.3, 0.4) is 0 Å². The first kappa shape index (κ1) is 15.7. The molecule has 0 bridgehead atoms. The third kappa shape index (κ3) is 4.13. The summed E-state index contributed by atoms with van der Waals surface area (Å²) in [5, 5.41) is 0. The molecule has 0 saturated carbocycles. The van der Waals surface area contributed by atoms with Crippen molar-refractivity contribution in [2.45, 2.75) is 33.1 Å². The number of hydrogen-bond acceptors (Lipinski definition) is 2. The van der Waals surface area contributed by atoms with Crippen LogP contribution in [0.4, 0.5) is 4.39 Å². The van der Waals surface area contributed by atoms with Gasteiger partial charge in [-0.1, -0.05) is 13.8 Å². The fourth-order valence-electron chi connectivity index (χ4n) is 2.79. The van der Waals surface area contributed by atoms with Gasteiger partial charge in [-0.2, -0.15) is 0 Å². The molecule has 1 aromatic carbocycles. The number of Topliss-reactive ketones (excluding diaryl/α,β-unsaturated/α-hetero) is 1. The SMILES string of the molecule is CC(C)C1CCC(=O)N(CC(=O)c2ccc(F)cc2)CC1. The van der Waals surface area contributed by atoms with E-state index < -0.39 is 0 Å². The van der Waals surface area contributed by atoms with E-state index in [1.165, 1.54) is 24.3 Å². The summed E-state index contributed by atoms with van der Waals surface area (Å²) < 4.78 is 12.9. The maximum absolute atomic E-state index is 12.9. The molecule has 1 aliphatic heterocycles. The minimum absolute atomic E-state index is 0.0496. The highest BCUT2D eigenvalue weighted by Crippen LogP contribution is 2.25. The Hall–Kier alpha value is -1.71. The van der Waals surface area contributed by atoms with E-state index in [1.54, 1.807) is 4.90 Å². The third-order valence-electron chi connectivity index (χ3n) is 4.29. The number of ketones is 1. The number of carbonyl (C=O) groups excluding carboxylic acids is 2. The average molecular weight is 291 g/mol. The molecule has 0 radical (unpaired) electrons. The highest BCUT2D eigenvalue weighted by atomic mass is 19.1. The number of amides is 1. The first-order valence-electron chi connectivity index (χ1n) is 7.54. The maximum atomic E-state index is 12.9. The zero-order valence-corrected chi connectivity index (χ0v) is 12.6. The van der Waals surface area contributed by atoms with Gasteiger partial charge in [-0.05, 0) is 48.9 Å². The zero-order valence-electron chi connectivity index (χ0n) is 12.6. The summed E-state index contributed by atoms with van der Waals surface area (Å²) >= 11 is 0. The summed E-state index contributed by atoms with van der Waals surface area (Å²) in [4.78, 5) is 25.9. The number of nitrogens with zero attached hydrogens (tertiary/aromatic N) is 1. The summed E-state index contributed by atoms with van der Waals surface area (Å²) in [6.45, 7) is 5.08. The van der Waals surface area contributed by atoms with E-state index in [9.17, 15) is 14.0 Å². The van der Waals surface area contributed by atoms with Gasteiger partial charge in [0.2, 0.25) is 5.91 Å². The van der Waals surface area contributed by atoms with Gasteiger partial charge in [-0.15, -0.1) is 0 Å². The molecule has 1 heterocycles. The summed E-state index contributed by atoms with van der Waals surface area (Å²) in [7, 11) is 0. The summed E-state index contributed by atoms with van der Waals surface area (Å²) in [6.07, 6.45) is 2.36. The highest BCUT2D eigenvalue weighted by molar-refractivity contribution is 5.99. The van der Waals surface area contributed by atoms with Crippen LogP contribution in [-0.4, -0.2) is 29.7 Å². The molecule has 1 aromatic rings. The van der Waals surface area contributed by atoms with Crippen LogP contribution in [0, 0.1) is 17.7 Å². The lowest BCUT2D eigenvalue weighted by Gasteiger charge is -2.21. The van der Waals surface area contributed by atoms with E-state index >= 15 is 0 Å². The fraction of sp³-hybridized carbons (Fsp3) is 0.529. The number of carbonyl (C=O) groups is 2. The zero-order chi connectivity index (χ0) is 15.4. The predicted molar refractivity (Wildman–Crippen MR) is 79.5 cm³/mol. The quantitative estimate of drug-likeness (QED) is 0.798. The lowest BCUT2D eigenvalue weighted by atomic mass is 9.89. The van der Waals surface area contributed by atoms with E-state index in [2.05, 4.69) is 13.8 Å². The van der Waals surface area contributed by atoms with Crippen molar-refractivity contribution in [2.24, 2.45) is 11.8 Å². The van der Waals surface area contributed by atoms with Crippen LogP contribution >= 0.6 is 0 Å². The number of rotatable bonds is 4. The molecule has 1 unspecified atom stereocenters. The van der Waals surface area contributed by atoms with Crippen molar-refractivity contribution in [3.8, 4) is 0 Å². The molecule has 1 fully saturated rings. The van der Waals surface area contributed by atoms with Crippen LogP contribution in [0.25, 0.3) is 0 Å².